The molecule has 2 N–H and O–H groups in total. The summed E-state index contributed by atoms with van der Waals surface area (Å²) in [6, 6.07) is 0. The molecule has 14 heavy (non-hydrogen) atoms. The van der Waals surface area contributed by atoms with Crippen LogP contribution in [0.5, 0.6) is 0 Å². The molecule has 0 aliphatic heterocycles. The molecule has 0 atom stereocenters. The highest BCUT2D eigenvalue weighted by Gasteiger charge is 2.28. The second-order valence-corrected chi connectivity index (χ2v) is 4.36. The Hall–Kier alpha value is -0.220. The summed E-state index contributed by atoms with van der Waals surface area (Å²) in [7, 11) is 0. The zero-order valence-corrected chi connectivity index (χ0v) is 9.35. The topological polar surface area (TPSA) is 49.3 Å². The number of rotatable bonds is 4. The van der Waals surface area contributed by atoms with E-state index < -0.39 is 5.60 Å². The molecule has 0 heterocycles. The highest BCUT2D eigenvalue weighted by atomic mass is 32.1. The van der Waals surface area contributed by atoms with Crippen molar-refractivity contribution in [1.82, 2.24) is 5.32 Å². The summed E-state index contributed by atoms with van der Waals surface area (Å²) in [6.45, 7) is 0.565. The van der Waals surface area contributed by atoms with Gasteiger partial charge in [0.1, 0.15) is 0 Å². The van der Waals surface area contributed by atoms with Gasteiger partial charge in [0, 0.05) is 6.54 Å². The van der Waals surface area contributed by atoms with E-state index in [0.29, 0.717) is 13.0 Å². The number of hydrogen-bond donors (Lipinski definition) is 3. The van der Waals surface area contributed by atoms with E-state index in [1.165, 1.54) is 6.42 Å². The molecule has 1 rings (SSSR count). The van der Waals surface area contributed by atoms with Crippen LogP contribution in [0.2, 0.25) is 0 Å². The zero-order valence-electron chi connectivity index (χ0n) is 8.46. The summed E-state index contributed by atoms with van der Waals surface area (Å²) >= 11 is 3.86. The molecule has 0 aromatic carbocycles. The first-order chi connectivity index (χ1) is 6.66. The molecule has 0 aromatic heterocycles. The van der Waals surface area contributed by atoms with E-state index in [9.17, 15) is 9.90 Å². The minimum Gasteiger partial charge on any atom is -0.390 e. The molecule has 1 saturated carbocycles. The maximum absolute atomic E-state index is 10.9. The van der Waals surface area contributed by atoms with Gasteiger partial charge in [0.2, 0.25) is 5.91 Å². The molecule has 0 bridgehead atoms. The van der Waals surface area contributed by atoms with E-state index in [4.69, 9.17) is 0 Å². The molecule has 0 aromatic rings. The largest absolute Gasteiger partial charge is 0.390 e. The lowest BCUT2D eigenvalue weighted by Gasteiger charge is -2.32. The van der Waals surface area contributed by atoms with Crippen molar-refractivity contribution in [1.29, 1.82) is 0 Å². The van der Waals surface area contributed by atoms with Crippen LogP contribution in [0.1, 0.15) is 38.5 Å². The van der Waals surface area contributed by atoms with Crippen LogP contribution >= 0.6 is 12.6 Å². The van der Waals surface area contributed by atoms with Gasteiger partial charge in [-0.1, -0.05) is 19.3 Å². The Kier molecular flexibility index (Phi) is 4.75. The first-order valence-electron chi connectivity index (χ1n) is 5.26. The Morgan fingerprint density at radius 3 is 2.57 bits per heavy atom. The van der Waals surface area contributed by atoms with Crippen LogP contribution in [-0.2, 0) is 4.79 Å². The van der Waals surface area contributed by atoms with E-state index in [2.05, 4.69) is 17.9 Å². The molecule has 0 unspecified atom stereocenters. The molecular formula is C10H19NO2S. The Balaban J connectivity index is 2.18. The van der Waals surface area contributed by atoms with Crippen LogP contribution in [0.25, 0.3) is 0 Å². The molecule has 0 saturated heterocycles. The van der Waals surface area contributed by atoms with Crippen LogP contribution in [0, 0.1) is 0 Å². The van der Waals surface area contributed by atoms with E-state index in [-0.39, 0.29) is 11.7 Å². The number of hydrogen-bond acceptors (Lipinski definition) is 3. The summed E-state index contributed by atoms with van der Waals surface area (Å²) in [5.41, 5.74) is -0.526. The predicted molar refractivity (Wildman–Crippen MR) is 59.5 cm³/mol. The Morgan fingerprint density at radius 2 is 2.00 bits per heavy atom. The van der Waals surface area contributed by atoms with E-state index in [1.807, 2.05) is 0 Å². The molecular weight excluding hydrogens is 198 g/mol. The molecule has 0 radical (unpaired) electrons. The Morgan fingerprint density at radius 1 is 1.36 bits per heavy atom. The number of amides is 1. The van der Waals surface area contributed by atoms with Gasteiger partial charge < -0.3 is 10.4 Å². The second kappa shape index (κ2) is 5.61. The Bertz CT molecular complexity index is 191. The van der Waals surface area contributed by atoms with Crippen LogP contribution in [-0.4, -0.2) is 28.9 Å². The molecule has 4 heteroatoms. The summed E-state index contributed by atoms with van der Waals surface area (Å²) in [5.74, 6) is 0.158. The first-order valence-corrected chi connectivity index (χ1v) is 5.89. The van der Waals surface area contributed by atoms with E-state index in [0.717, 1.165) is 25.7 Å². The maximum atomic E-state index is 10.9. The number of aliphatic hydroxyl groups is 1. The average molecular weight is 217 g/mol. The van der Waals surface area contributed by atoms with Crippen LogP contribution in [0.3, 0.4) is 0 Å². The minimum atomic E-state index is -0.526. The Labute approximate surface area is 90.7 Å². The molecule has 1 aliphatic rings. The third-order valence-electron chi connectivity index (χ3n) is 2.84. The van der Waals surface area contributed by atoms with Gasteiger partial charge in [-0.3, -0.25) is 4.79 Å². The van der Waals surface area contributed by atoms with E-state index >= 15 is 0 Å². The van der Waals surface area contributed by atoms with Gasteiger partial charge in [0.25, 0.3) is 0 Å². The zero-order chi connectivity index (χ0) is 10.4. The van der Waals surface area contributed by atoms with Gasteiger partial charge in [-0.2, -0.15) is 12.6 Å². The molecule has 3 nitrogen and oxygen atoms in total. The minimum absolute atomic E-state index is 0.0623. The van der Waals surface area contributed by atoms with Crippen LogP contribution in [0.15, 0.2) is 0 Å². The molecule has 1 aliphatic carbocycles. The molecule has 82 valence electrons. The van der Waals surface area contributed by atoms with Crippen molar-refractivity contribution >= 4 is 18.5 Å². The smallest absolute Gasteiger partial charge is 0.229 e. The van der Waals surface area contributed by atoms with Crippen LogP contribution in [0.4, 0.5) is 0 Å². The lowest BCUT2D eigenvalue weighted by Crippen LogP contribution is -2.37. The highest BCUT2D eigenvalue weighted by Crippen LogP contribution is 2.30. The van der Waals surface area contributed by atoms with Gasteiger partial charge in [-0.25, -0.2) is 0 Å². The van der Waals surface area contributed by atoms with Gasteiger partial charge in [-0.15, -0.1) is 0 Å². The molecule has 0 spiro atoms. The van der Waals surface area contributed by atoms with Gasteiger partial charge in [0.15, 0.2) is 0 Å². The summed E-state index contributed by atoms with van der Waals surface area (Å²) in [4.78, 5) is 10.9. The molecule has 1 amide bonds. The normalized spacial score (nSPS) is 20.4. The standard InChI is InChI=1S/C10H19NO2S/c12-9(8-14)11-7-6-10(13)4-2-1-3-5-10/h13-14H,1-8H2,(H,11,12). The number of carbonyl (C=O) groups excluding carboxylic acids is 1. The lowest BCUT2D eigenvalue weighted by molar-refractivity contribution is -0.118. The summed E-state index contributed by atoms with van der Waals surface area (Å²) in [5, 5.41) is 12.8. The fraction of sp³-hybridized carbons (Fsp3) is 0.900. The summed E-state index contributed by atoms with van der Waals surface area (Å²) in [6.07, 6.45) is 5.87. The van der Waals surface area contributed by atoms with Crippen molar-refractivity contribution in [2.75, 3.05) is 12.3 Å². The number of carbonyl (C=O) groups is 1. The molecule has 1 fully saturated rings. The first kappa shape index (κ1) is 11.9. The average Bonchev–Trinajstić information content (AvgIpc) is 2.18. The second-order valence-electron chi connectivity index (χ2n) is 4.04. The van der Waals surface area contributed by atoms with Gasteiger partial charge >= 0.3 is 0 Å². The van der Waals surface area contributed by atoms with E-state index in [1.54, 1.807) is 0 Å². The predicted octanol–water partition coefficient (Wildman–Crippen LogP) is 1.12. The van der Waals surface area contributed by atoms with Gasteiger partial charge in [0.05, 0.1) is 11.4 Å². The van der Waals surface area contributed by atoms with Crippen molar-refractivity contribution < 1.29 is 9.90 Å². The van der Waals surface area contributed by atoms with Crippen molar-refractivity contribution in [2.24, 2.45) is 0 Å². The third kappa shape index (κ3) is 3.88. The number of nitrogens with one attached hydrogen (secondary N) is 1. The van der Waals surface area contributed by atoms with Crippen molar-refractivity contribution in [3.8, 4) is 0 Å². The SMILES string of the molecule is O=C(CS)NCCC1(O)CCCCC1. The third-order valence-corrected chi connectivity index (χ3v) is 3.13. The fourth-order valence-electron chi connectivity index (χ4n) is 1.95. The fourth-order valence-corrected chi connectivity index (χ4v) is 2.06. The van der Waals surface area contributed by atoms with Crippen LogP contribution < -0.4 is 5.32 Å². The van der Waals surface area contributed by atoms with Gasteiger partial charge in [-0.05, 0) is 19.3 Å². The van der Waals surface area contributed by atoms with Crippen molar-refractivity contribution in [2.45, 2.75) is 44.1 Å². The number of thiol groups is 1. The summed E-state index contributed by atoms with van der Waals surface area (Å²) < 4.78 is 0. The maximum Gasteiger partial charge on any atom is 0.229 e. The monoisotopic (exact) mass is 217 g/mol. The van der Waals surface area contributed by atoms with Crippen molar-refractivity contribution in [3.63, 3.8) is 0 Å². The van der Waals surface area contributed by atoms with Crippen molar-refractivity contribution in [3.05, 3.63) is 0 Å². The lowest BCUT2D eigenvalue weighted by atomic mass is 9.82. The quantitative estimate of drug-likeness (QED) is 0.618. The highest BCUT2D eigenvalue weighted by molar-refractivity contribution is 7.81.